The number of H-pyrrole nitrogens is 1. The Morgan fingerprint density at radius 1 is 1.18 bits per heavy atom. The number of aromatic amines is 1. The van der Waals surface area contributed by atoms with Crippen LogP contribution in [0.25, 0.3) is 10.9 Å². The number of para-hydroxylation sites is 1. The van der Waals surface area contributed by atoms with E-state index in [2.05, 4.69) is 36.0 Å². The Kier molecular flexibility index (Phi) is 5.27. The molecule has 0 spiro atoms. The lowest BCUT2D eigenvalue weighted by atomic mass is 9.83. The van der Waals surface area contributed by atoms with E-state index in [9.17, 15) is 9.59 Å². The molecule has 1 aliphatic carbocycles. The lowest BCUT2D eigenvalue weighted by Crippen LogP contribution is -2.28. The van der Waals surface area contributed by atoms with Crippen molar-refractivity contribution in [3.63, 3.8) is 0 Å². The quantitative estimate of drug-likeness (QED) is 0.851. The first-order chi connectivity index (χ1) is 13.2. The summed E-state index contributed by atoms with van der Waals surface area (Å²) in [6.45, 7) is 6.56. The van der Waals surface area contributed by atoms with Crippen LogP contribution >= 0.6 is 0 Å². The molecule has 3 rings (SSSR count). The summed E-state index contributed by atoms with van der Waals surface area (Å²) in [5.41, 5.74) is 3.58. The third kappa shape index (κ3) is 3.93. The number of nitrogens with zero attached hydrogens (tertiary/aromatic N) is 1. The van der Waals surface area contributed by atoms with Crippen molar-refractivity contribution in [1.29, 1.82) is 0 Å². The van der Waals surface area contributed by atoms with E-state index in [-0.39, 0.29) is 16.4 Å². The Balaban J connectivity index is 1.97. The van der Waals surface area contributed by atoms with Crippen LogP contribution in [0.1, 0.15) is 37.6 Å². The number of fused-ring (bicyclic) bond motifs is 1. The molecule has 2 aromatic rings. The largest absolute Gasteiger partial charge is 0.378 e. The van der Waals surface area contributed by atoms with Gasteiger partial charge >= 0.3 is 0 Å². The van der Waals surface area contributed by atoms with Crippen LogP contribution in [-0.4, -0.2) is 29.9 Å². The van der Waals surface area contributed by atoms with Crippen molar-refractivity contribution < 1.29 is 4.79 Å². The summed E-state index contributed by atoms with van der Waals surface area (Å²) in [6.07, 6.45) is 8.20. The number of likely N-dealkylation sites (N-methyl/N-ethyl adjacent to an activating group) is 1. The van der Waals surface area contributed by atoms with E-state index in [1.54, 1.807) is 12.1 Å². The van der Waals surface area contributed by atoms with Crippen LogP contribution in [0, 0.1) is 5.41 Å². The minimum atomic E-state index is -0.416. The number of carbonyl (C=O) groups is 1. The molecule has 0 saturated carbocycles. The molecule has 146 valence electrons. The van der Waals surface area contributed by atoms with E-state index in [0.717, 1.165) is 12.1 Å². The van der Waals surface area contributed by atoms with Gasteiger partial charge in [-0.2, -0.15) is 0 Å². The zero-order valence-corrected chi connectivity index (χ0v) is 17.1. The predicted octanol–water partition coefficient (Wildman–Crippen LogP) is 3.96. The van der Waals surface area contributed by atoms with Crippen LogP contribution in [0.15, 0.2) is 70.5 Å². The van der Waals surface area contributed by atoms with Gasteiger partial charge in [0.25, 0.3) is 5.91 Å². The Bertz CT molecular complexity index is 1060. The van der Waals surface area contributed by atoms with Crippen LogP contribution in [0.5, 0.6) is 0 Å². The lowest BCUT2D eigenvalue weighted by Gasteiger charge is -2.28. The molecule has 1 amide bonds. The van der Waals surface area contributed by atoms with Gasteiger partial charge in [0, 0.05) is 42.6 Å². The van der Waals surface area contributed by atoms with E-state index in [1.807, 2.05) is 44.5 Å². The van der Waals surface area contributed by atoms with E-state index < -0.39 is 5.91 Å². The van der Waals surface area contributed by atoms with Crippen molar-refractivity contribution in [2.45, 2.75) is 27.2 Å². The van der Waals surface area contributed by atoms with Gasteiger partial charge < -0.3 is 15.2 Å². The molecule has 0 bridgehead atoms. The van der Waals surface area contributed by atoms with Gasteiger partial charge in [-0.3, -0.25) is 9.59 Å². The summed E-state index contributed by atoms with van der Waals surface area (Å²) in [6, 6.07) is 7.18. The molecule has 5 heteroatoms. The van der Waals surface area contributed by atoms with Crippen LogP contribution in [0.4, 0.5) is 0 Å². The molecule has 0 atom stereocenters. The zero-order valence-electron chi connectivity index (χ0n) is 17.1. The van der Waals surface area contributed by atoms with Crippen molar-refractivity contribution in [1.82, 2.24) is 15.2 Å². The molecule has 0 unspecified atom stereocenters. The third-order valence-electron chi connectivity index (χ3n) is 4.90. The third-order valence-corrected chi connectivity index (χ3v) is 4.90. The van der Waals surface area contributed by atoms with Crippen LogP contribution in [-0.2, 0) is 0 Å². The molecular weight excluding hydrogens is 350 g/mol. The Labute approximate surface area is 165 Å². The first-order valence-electron chi connectivity index (χ1n) is 9.39. The van der Waals surface area contributed by atoms with E-state index in [0.29, 0.717) is 16.6 Å². The summed E-state index contributed by atoms with van der Waals surface area (Å²) >= 11 is 0. The molecule has 0 fully saturated rings. The molecule has 1 heterocycles. The van der Waals surface area contributed by atoms with Crippen molar-refractivity contribution in [2.75, 3.05) is 14.1 Å². The molecule has 2 N–H and O–H groups in total. The number of carbonyl (C=O) groups excluding carboxylic acids is 1. The number of hydrogen-bond acceptors (Lipinski definition) is 3. The normalized spacial score (nSPS) is 14.7. The summed E-state index contributed by atoms with van der Waals surface area (Å²) < 4.78 is 0. The van der Waals surface area contributed by atoms with Gasteiger partial charge in [-0.25, -0.2) is 0 Å². The van der Waals surface area contributed by atoms with E-state index in [1.165, 1.54) is 11.8 Å². The van der Waals surface area contributed by atoms with E-state index >= 15 is 0 Å². The van der Waals surface area contributed by atoms with Crippen LogP contribution in [0.3, 0.4) is 0 Å². The number of rotatable bonds is 3. The maximum absolute atomic E-state index is 12.8. The summed E-state index contributed by atoms with van der Waals surface area (Å²) in [4.78, 5) is 30.6. The molecule has 5 nitrogen and oxygen atoms in total. The number of hydrogen-bond donors (Lipinski definition) is 2. The molecular formula is C23H27N3O2. The zero-order chi connectivity index (χ0) is 20.5. The molecule has 0 aliphatic heterocycles. The van der Waals surface area contributed by atoms with Gasteiger partial charge in [0.2, 0.25) is 5.43 Å². The van der Waals surface area contributed by atoms with Crippen molar-refractivity contribution in [2.24, 2.45) is 5.41 Å². The fraction of sp³-hybridized carbons (Fsp3) is 0.304. The number of aromatic nitrogens is 1. The van der Waals surface area contributed by atoms with Crippen molar-refractivity contribution in [3.8, 4) is 0 Å². The summed E-state index contributed by atoms with van der Waals surface area (Å²) in [5.74, 6) is -0.416. The fourth-order valence-electron chi connectivity index (χ4n) is 3.39. The molecule has 28 heavy (non-hydrogen) atoms. The summed E-state index contributed by atoms with van der Waals surface area (Å²) in [5, 5.41) is 3.40. The lowest BCUT2D eigenvalue weighted by molar-refractivity contribution is 0.0966. The van der Waals surface area contributed by atoms with E-state index in [4.69, 9.17) is 0 Å². The van der Waals surface area contributed by atoms with Gasteiger partial charge in [0.1, 0.15) is 5.56 Å². The predicted molar refractivity (Wildman–Crippen MR) is 114 cm³/mol. The highest BCUT2D eigenvalue weighted by Gasteiger charge is 2.23. The fourth-order valence-corrected chi connectivity index (χ4v) is 3.39. The van der Waals surface area contributed by atoms with Gasteiger partial charge in [0.05, 0.1) is 0 Å². The van der Waals surface area contributed by atoms with Gasteiger partial charge in [-0.1, -0.05) is 39.0 Å². The number of pyridine rings is 1. The molecule has 1 aromatic heterocycles. The Morgan fingerprint density at radius 2 is 1.89 bits per heavy atom. The minimum absolute atomic E-state index is 0.00932. The maximum Gasteiger partial charge on any atom is 0.261 e. The molecule has 0 radical (unpaired) electrons. The monoisotopic (exact) mass is 377 g/mol. The maximum atomic E-state index is 12.8. The summed E-state index contributed by atoms with van der Waals surface area (Å²) in [7, 11) is 3.99. The van der Waals surface area contributed by atoms with Gasteiger partial charge in [-0.05, 0) is 41.7 Å². The second-order valence-electron chi connectivity index (χ2n) is 8.25. The second kappa shape index (κ2) is 7.50. The van der Waals surface area contributed by atoms with Gasteiger partial charge in [-0.15, -0.1) is 0 Å². The standard InChI is InChI=1S/C23H27N3O2/c1-23(2,3)18-11-8-9-15(13-20(18)26(4)5)25-22(28)17-14-24-19-12-7-6-10-16(19)21(17)27/h6-10,12-14H,11H2,1-5H3,(H,24,27)(H,25,28). The highest BCUT2D eigenvalue weighted by Crippen LogP contribution is 2.34. The van der Waals surface area contributed by atoms with Gasteiger partial charge in [0.15, 0.2) is 0 Å². The topological polar surface area (TPSA) is 65.2 Å². The Hall–Kier alpha value is -3.08. The number of nitrogens with one attached hydrogen (secondary N) is 2. The second-order valence-corrected chi connectivity index (χ2v) is 8.25. The highest BCUT2D eigenvalue weighted by atomic mass is 16.2. The Morgan fingerprint density at radius 3 is 2.57 bits per heavy atom. The average molecular weight is 377 g/mol. The number of benzene rings is 1. The SMILES string of the molecule is CN(C)C1=C(C(C)(C)C)CC=CC(NC(=O)c2c[nH]c3ccccc3c2=O)=C1. The minimum Gasteiger partial charge on any atom is -0.378 e. The molecule has 1 aromatic carbocycles. The van der Waals surface area contributed by atoms with Crippen molar-refractivity contribution >= 4 is 16.8 Å². The molecule has 0 saturated heterocycles. The smallest absolute Gasteiger partial charge is 0.261 e. The number of amides is 1. The molecule has 1 aliphatic rings. The highest BCUT2D eigenvalue weighted by molar-refractivity contribution is 5.98. The first kappa shape index (κ1) is 19.7. The first-order valence-corrected chi connectivity index (χ1v) is 9.39. The van der Waals surface area contributed by atoms with Crippen LogP contribution in [0.2, 0.25) is 0 Å². The van der Waals surface area contributed by atoms with Crippen LogP contribution < -0.4 is 10.7 Å². The average Bonchev–Trinajstić information content (AvgIpc) is 2.84. The van der Waals surface area contributed by atoms with Crippen molar-refractivity contribution in [3.05, 3.63) is 81.4 Å². The number of allylic oxidation sites excluding steroid dienone is 4.